The lowest BCUT2D eigenvalue weighted by Gasteiger charge is -2.15. The molecule has 4 amide bonds. The molecule has 10 heteroatoms. The van der Waals surface area contributed by atoms with Crippen molar-refractivity contribution in [1.82, 2.24) is 10.6 Å². The van der Waals surface area contributed by atoms with Gasteiger partial charge in [0.25, 0.3) is 11.8 Å². The molecule has 0 spiro atoms. The summed E-state index contributed by atoms with van der Waals surface area (Å²) in [6, 6.07) is 8.27. The first-order chi connectivity index (χ1) is 13.3. The van der Waals surface area contributed by atoms with Crippen LogP contribution in [0.4, 0.5) is 23.7 Å². The van der Waals surface area contributed by atoms with Gasteiger partial charge in [0.2, 0.25) is 0 Å². The van der Waals surface area contributed by atoms with E-state index in [0.717, 1.165) is 6.07 Å². The number of anilines is 1. The molecule has 7 nitrogen and oxygen atoms in total. The van der Waals surface area contributed by atoms with Crippen LogP contribution >= 0.6 is 0 Å². The Morgan fingerprint density at radius 3 is 2.32 bits per heavy atom. The lowest BCUT2D eigenvalue weighted by atomic mass is 10.1. The molecular formula is C18H18F3N4O3+. The van der Waals surface area contributed by atoms with Gasteiger partial charge in [0.05, 0.1) is 5.69 Å². The quantitative estimate of drug-likeness (QED) is 0.544. The number of hydrogen-bond acceptors (Lipinski definition) is 3. The summed E-state index contributed by atoms with van der Waals surface area (Å²) in [4.78, 5) is 35.8. The topological polar surface area (TPSA) is 104 Å². The van der Waals surface area contributed by atoms with Crippen molar-refractivity contribution in [2.75, 3.05) is 18.9 Å². The number of carbonyl (C=O) groups is 3. The molecule has 0 aromatic heterocycles. The van der Waals surface area contributed by atoms with Crippen LogP contribution in [0.25, 0.3) is 0 Å². The predicted molar refractivity (Wildman–Crippen MR) is 93.5 cm³/mol. The third-order valence-corrected chi connectivity index (χ3v) is 3.75. The van der Waals surface area contributed by atoms with E-state index in [0.29, 0.717) is 11.6 Å². The third kappa shape index (κ3) is 5.30. The fourth-order valence-corrected chi connectivity index (χ4v) is 2.36. The molecule has 148 valence electrons. The van der Waals surface area contributed by atoms with Gasteiger partial charge in [0, 0.05) is 12.6 Å². The van der Waals surface area contributed by atoms with E-state index in [2.05, 4.69) is 16.0 Å². The number of hydrogen-bond donors (Lipinski definition) is 4. The SMILES string of the molecule is CNC(=O)NC(=O)[C@@H]([NH2+]CC(=O)Nc1ccc(F)c(F)c1F)c1ccccc1. The van der Waals surface area contributed by atoms with Gasteiger partial charge in [0.15, 0.2) is 30.0 Å². The zero-order valence-electron chi connectivity index (χ0n) is 14.8. The lowest BCUT2D eigenvalue weighted by Crippen LogP contribution is -2.89. The van der Waals surface area contributed by atoms with Crippen molar-refractivity contribution in [3.8, 4) is 0 Å². The molecule has 0 aliphatic carbocycles. The van der Waals surface area contributed by atoms with E-state index in [4.69, 9.17) is 0 Å². The molecule has 0 radical (unpaired) electrons. The first-order valence-corrected chi connectivity index (χ1v) is 8.17. The highest BCUT2D eigenvalue weighted by atomic mass is 19.2. The summed E-state index contributed by atoms with van der Waals surface area (Å²) in [5, 5.41) is 7.80. The molecular weight excluding hydrogens is 377 g/mol. The van der Waals surface area contributed by atoms with Crippen LogP contribution in [0.5, 0.6) is 0 Å². The molecule has 0 heterocycles. The average molecular weight is 395 g/mol. The van der Waals surface area contributed by atoms with Crippen molar-refractivity contribution in [3.63, 3.8) is 0 Å². The highest BCUT2D eigenvalue weighted by Crippen LogP contribution is 2.19. The van der Waals surface area contributed by atoms with Gasteiger partial charge >= 0.3 is 6.03 Å². The Balaban J connectivity index is 2.08. The summed E-state index contributed by atoms with van der Waals surface area (Å²) in [6.45, 7) is -0.348. The molecule has 0 saturated heterocycles. The van der Waals surface area contributed by atoms with Gasteiger partial charge < -0.3 is 16.0 Å². The van der Waals surface area contributed by atoms with Gasteiger partial charge in [-0.1, -0.05) is 30.3 Å². The molecule has 0 unspecified atom stereocenters. The highest BCUT2D eigenvalue weighted by Gasteiger charge is 2.26. The minimum atomic E-state index is -1.70. The number of nitrogens with two attached hydrogens (primary N) is 1. The van der Waals surface area contributed by atoms with Gasteiger partial charge in [-0.15, -0.1) is 0 Å². The number of amides is 4. The van der Waals surface area contributed by atoms with Crippen molar-refractivity contribution >= 4 is 23.5 Å². The summed E-state index contributed by atoms with van der Waals surface area (Å²) < 4.78 is 39.8. The van der Waals surface area contributed by atoms with E-state index >= 15 is 0 Å². The zero-order valence-corrected chi connectivity index (χ0v) is 14.8. The van der Waals surface area contributed by atoms with Crippen molar-refractivity contribution < 1.29 is 32.9 Å². The van der Waals surface area contributed by atoms with Crippen molar-refractivity contribution in [2.45, 2.75) is 6.04 Å². The van der Waals surface area contributed by atoms with Gasteiger partial charge in [-0.2, -0.15) is 0 Å². The van der Waals surface area contributed by atoms with Crippen LogP contribution in [0.1, 0.15) is 11.6 Å². The van der Waals surface area contributed by atoms with Crippen molar-refractivity contribution in [1.29, 1.82) is 0 Å². The minimum absolute atomic E-state index is 0.348. The third-order valence-electron chi connectivity index (χ3n) is 3.75. The lowest BCUT2D eigenvalue weighted by molar-refractivity contribution is -0.672. The summed E-state index contributed by atoms with van der Waals surface area (Å²) in [5.41, 5.74) is -0.000848. The Bertz CT molecular complexity index is 878. The van der Waals surface area contributed by atoms with Crippen LogP contribution in [0.15, 0.2) is 42.5 Å². The Morgan fingerprint density at radius 1 is 1.00 bits per heavy atom. The van der Waals surface area contributed by atoms with E-state index in [-0.39, 0.29) is 6.54 Å². The van der Waals surface area contributed by atoms with Gasteiger partial charge in [0.1, 0.15) is 0 Å². The standard InChI is InChI=1S/C18H17F3N4O3/c1-22-18(28)25-17(27)16(10-5-3-2-4-6-10)23-9-13(26)24-12-8-7-11(19)14(20)15(12)21/h2-8,16,23H,9H2,1H3,(H,24,26)(H2,22,25,27,28)/p+1/t16-/m0/s1. The molecule has 2 aromatic rings. The van der Waals surface area contributed by atoms with E-state index in [9.17, 15) is 27.6 Å². The van der Waals surface area contributed by atoms with Crippen LogP contribution in [-0.4, -0.2) is 31.4 Å². The van der Waals surface area contributed by atoms with E-state index in [1.165, 1.54) is 12.4 Å². The summed E-state index contributed by atoms with van der Waals surface area (Å²) >= 11 is 0. The normalized spacial score (nSPS) is 11.4. The first-order valence-electron chi connectivity index (χ1n) is 8.17. The van der Waals surface area contributed by atoms with Crippen LogP contribution in [-0.2, 0) is 9.59 Å². The van der Waals surface area contributed by atoms with Gasteiger partial charge in [-0.3, -0.25) is 14.9 Å². The number of imide groups is 1. The maximum absolute atomic E-state index is 13.6. The Hall–Kier alpha value is -3.40. The van der Waals surface area contributed by atoms with Crippen LogP contribution in [0, 0.1) is 17.5 Å². The van der Waals surface area contributed by atoms with Crippen molar-refractivity contribution in [2.24, 2.45) is 0 Å². The van der Waals surface area contributed by atoms with Crippen LogP contribution < -0.4 is 21.3 Å². The first kappa shape index (κ1) is 20.9. The van der Waals surface area contributed by atoms with Gasteiger partial charge in [-0.25, -0.2) is 18.0 Å². The van der Waals surface area contributed by atoms with Crippen LogP contribution in [0.3, 0.4) is 0 Å². The van der Waals surface area contributed by atoms with Crippen LogP contribution in [0.2, 0.25) is 0 Å². The number of quaternary nitrogens is 1. The molecule has 0 aliphatic heterocycles. The van der Waals surface area contributed by atoms with E-state index in [1.54, 1.807) is 30.3 Å². The predicted octanol–water partition coefficient (Wildman–Crippen LogP) is 0.803. The second-order valence-corrected chi connectivity index (χ2v) is 5.67. The Morgan fingerprint density at radius 2 is 1.68 bits per heavy atom. The smallest absolute Gasteiger partial charge is 0.321 e. The zero-order chi connectivity index (χ0) is 20.7. The molecule has 0 saturated carbocycles. The largest absolute Gasteiger partial charge is 0.341 e. The fourth-order valence-electron chi connectivity index (χ4n) is 2.36. The second-order valence-electron chi connectivity index (χ2n) is 5.67. The number of rotatable bonds is 6. The van der Waals surface area contributed by atoms with E-state index < -0.39 is 47.0 Å². The highest BCUT2D eigenvalue weighted by molar-refractivity contribution is 5.97. The Labute approximate surface area is 158 Å². The maximum atomic E-state index is 13.6. The molecule has 0 aliphatic rings. The number of nitrogens with one attached hydrogen (secondary N) is 3. The maximum Gasteiger partial charge on any atom is 0.321 e. The molecule has 0 fully saturated rings. The monoisotopic (exact) mass is 395 g/mol. The fraction of sp³-hybridized carbons (Fsp3) is 0.167. The summed E-state index contributed by atoms with van der Waals surface area (Å²) in [5.74, 6) is -6.02. The minimum Gasteiger partial charge on any atom is -0.341 e. The van der Waals surface area contributed by atoms with Gasteiger partial charge in [-0.05, 0) is 12.1 Å². The molecule has 0 bridgehead atoms. The molecule has 2 rings (SSSR count). The average Bonchev–Trinajstić information content (AvgIpc) is 2.69. The summed E-state index contributed by atoms with van der Waals surface area (Å²) in [6.07, 6.45) is 0. The van der Waals surface area contributed by atoms with E-state index in [1.807, 2.05) is 0 Å². The molecule has 28 heavy (non-hydrogen) atoms. The summed E-state index contributed by atoms with van der Waals surface area (Å²) in [7, 11) is 1.34. The number of carbonyl (C=O) groups excluding carboxylic acids is 3. The number of urea groups is 1. The van der Waals surface area contributed by atoms with Crippen molar-refractivity contribution in [3.05, 3.63) is 65.5 Å². The number of benzene rings is 2. The molecule has 1 atom stereocenters. The Kier molecular flexibility index (Phi) is 7.10. The molecule has 5 N–H and O–H groups in total. The second kappa shape index (κ2) is 9.51. The molecule has 2 aromatic carbocycles. The number of halogens is 3.